The summed E-state index contributed by atoms with van der Waals surface area (Å²) in [7, 11) is 0. The molecule has 0 aromatic heterocycles. The lowest BCUT2D eigenvalue weighted by Gasteiger charge is -2.10. The van der Waals surface area contributed by atoms with Crippen LogP contribution in [0.1, 0.15) is 24.8 Å². The summed E-state index contributed by atoms with van der Waals surface area (Å²) in [5.74, 6) is -5.68. The predicted molar refractivity (Wildman–Crippen MR) is 67.4 cm³/mol. The minimum absolute atomic E-state index is 0.143. The summed E-state index contributed by atoms with van der Waals surface area (Å²) in [5, 5.41) is 8.23. The van der Waals surface area contributed by atoms with E-state index in [9.17, 15) is 13.6 Å². The standard InChI is InChI=1S/C14H18F2O3/c15-14(16,13(17)18)9-4-5-10-19-11-8-12-6-2-1-3-7-12/h1-3,6-7H,4-5,8-11H2,(H,17,18). The van der Waals surface area contributed by atoms with E-state index in [1.807, 2.05) is 30.3 Å². The van der Waals surface area contributed by atoms with Crippen molar-refractivity contribution in [2.75, 3.05) is 13.2 Å². The van der Waals surface area contributed by atoms with Crippen LogP contribution in [0.3, 0.4) is 0 Å². The maximum Gasteiger partial charge on any atom is 0.374 e. The molecule has 0 aliphatic heterocycles. The molecule has 0 atom stereocenters. The summed E-state index contributed by atoms with van der Waals surface area (Å²) in [4.78, 5) is 10.2. The number of carboxylic acids is 1. The lowest BCUT2D eigenvalue weighted by molar-refractivity contribution is -0.165. The number of alkyl halides is 2. The van der Waals surface area contributed by atoms with Crippen LogP contribution in [-0.4, -0.2) is 30.2 Å². The van der Waals surface area contributed by atoms with Crippen LogP contribution in [0.2, 0.25) is 0 Å². The van der Waals surface area contributed by atoms with Crippen molar-refractivity contribution in [2.24, 2.45) is 0 Å². The molecule has 0 heterocycles. The van der Waals surface area contributed by atoms with E-state index in [1.165, 1.54) is 5.56 Å². The van der Waals surface area contributed by atoms with E-state index in [0.29, 0.717) is 19.6 Å². The quantitative estimate of drug-likeness (QED) is 0.702. The Labute approximate surface area is 111 Å². The highest BCUT2D eigenvalue weighted by atomic mass is 19.3. The summed E-state index contributed by atoms with van der Waals surface area (Å²) in [6, 6.07) is 9.83. The van der Waals surface area contributed by atoms with Gasteiger partial charge in [-0.25, -0.2) is 4.79 Å². The Morgan fingerprint density at radius 2 is 1.84 bits per heavy atom. The second kappa shape index (κ2) is 7.84. The molecular weight excluding hydrogens is 254 g/mol. The van der Waals surface area contributed by atoms with Crippen molar-refractivity contribution in [3.05, 3.63) is 35.9 Å². The van der Waals surface area contributed by atoms with E-state index in [0.717, 1.165) is 6.42 Å². The summed E-state index contributed by atoms with van der Waals surface area (Å²) in [6.45, 7) is 0.919. The van der Waals surface area contributed by atoms with E-state index >= 15 is 0 Å². The first-order valence-corrected chi connectivity index (χ1v) is 6.25. The van der Waals surface area contributed by atoms with Crippen molar-refractivity contribution >= 4 is 5.97 Å². The van der Waals surface area contributed by atoms with E-state index in [1.54, 1.807) is 0 Å². The van der Waals surface area contributed by atoms with Crippen LogP contribution in [-0.2, 0) is 16.0 Å². The highest BCUT2D eigenvalue weighted by Crippen LogP contribution is 2.21. The lowest BCUT2D eigenvalue weighted by Crippen LogP contribution is -2.27. The number of benzene rings is 1. The van der Waals surface area contributed by atoms with Crippen LogP contribution in [0, 0.1) is 0 Å². The van der Waals surface area contributed by atoms with E-state index in [4.69, 9.17) is 9.84 Å². The number of halogens is 2. The molecule has 0 spiro atoms. The molecule has 106 valence electrons. The third kappa shape index (κ3) is 6.29. The molecule has 5 heteroatoms. The average molecular weight is 272 g/mol. The van der Waals surface area contributed by atoms with Gasteiger partial charge < -0.3 is 9.84 Å². The first kappa shape index (κ1) is 15.6. The van der Waals surface area contributed by atoms with Crippen LogP contribution in [0.5, 0.6) is 0 Å². The van der Waals surface area contributed by atoms with Gasteiger partial charge in [0, 0.05) is 13.0 Å². The molecule has 3 nitrogen and oxygen atoms in total. The Morgan fingerprint density at radius 3 is 2.47 bits per heavy atom. The molecule has 0 fully saturated rings. The Bertz CT molecular complexity index is 380. The second-order valence-corrected chi connectivity index (χ2v) is 4.31. The Balaban J connectivity index is 2.02. The number of hydrogen-bond donors (Lipinski definition) is 1. The molecule has 1 aromatic rings. The molecule has 0 aliphatic carbocycles. The van der Waals surface area contributed by atoms with Gasteiger partial charge in [0.05, 0.1) is 6.61 Å². The molecule has 1 aromatic carbocycles. The number of ether oxygens (including phenoxy) is 1. The molecule has 0 amide bonds. The van der Waals surface area contributed by atoms with Gasteiger partial charge in [-0.15, -0.1) is 0 Å². The Morgan fingerprint density at radius 1 is 1.16 bits per heavy atom. The topological polar surface area (TPSA) is 46.5 Å². The zero-order valence-electron chi connectivity index (χ0n) is 10.6. The highest BCUT2D eigenvalue weighted by molar-refractivity contribution is 5.75. The molecule has 0 saturated heterocycles. The van der Waals surface area contributed by atoms with Crippen LogP contribution in [0.25, 0.3) is 0 Å². The third-order valence-corrected chi connectivity index (χ3v) is 2.72. The highest BCUT2D eigenvalue weighted by Gasteiger charge is 2.37. The van der Waals surface area contributed by atoms with Gasteiger partial charge >= 0.3 is 11.9 Å². The first-order valence-electron chi connectivity index (χ1n) is 6.25. The maximum absolute atomic E-state index is 12.7. The smallest absolute Gasteiger partial charge is 0.374 e. The fourth-order valence-electron chi connectivity index (χ4n) is 1.59. The molecule has 19 heavy (non-hydrogen) atoms. The second-order valence-electron chi connectivity index (χ2n) is 4.31. The third-order valence-electron chi connectivity index (χ3n) is 2.72. The summed E-state index contributed by atoms with van der Waals surface area (Å²) in [5.41, 5.74) is 1.17. The van der Waals surface area contributed by atoms with Crippen LogP contribution in [0.15, 0.2) is 30.3 Å². The van der Waals surface area contributed by atoms with Crippen LogP contribution >= 0.6 is 0 Å². The van der Waals surface area contributed by atoms with Gasteiger partial charge in [-0.1, -0.05) is 30.3 Å². The first-order chi connectivity index (χ1) is 9.02. The van der Waals surface area contributed by atoms with Crippen molar-refractivity contribution in [2.45, 2.75) is 31.6 Å². The SMILES string of the molecule is O=C(O)C(F)(F)CCCCOCCc1ccccc1. The van der Waals surface area contributed by atoms with Crippen molar-refractivity contribution in [1.82, 2.24) is 0 Å². The Hall–Kier alpha value is -1.49. The number of carbonyl (C=O) groups is 1. The zero-order valence-corrected chi connectivity index (χ0v) is 10.6. The lowest BCUT2D eigenvalue weighted by atomic mass is 10.1. The van der Waals surface area contributed by atoms with E-state index in [-0.39, 0.29) is 6.42 Å². The number of carboxylic acid groups (broad SMARTS) is 1. The monoisotopic (exact) mass is 272 g/mol. The molecular formula is C14H18F2O3. The average Bonchev–Trinajstić information content (AvgIpc) is 2.38. The van der Waals surface area contributed by atoms with Crippen LogP contribution in [0.4, 0.5) is 8.78 Å². The van der Waals surface area contributed by atoms with Gasteiger partial charge in [-0.2, -0.15) is 8.78 Å². The van der Waals surface area contributed by atoms with Crippen molar-refractivity contribution in [3.8, 4) is 0 Å². The van der Waals surface area contributed by atoms with Gasteiger partial charge in [0.15, 0.2) is 0 Å². The van der Waals surface area contributed by atoms with Gasteiger partial charge in [-0.05, 0) is 24.8 Å². The largest absolute Gasteiger partial charge is 0.477 e. The summed E-state index contributed by atoms with van der Waals surface area (Å²) in [6.07, 6.45) is 0.735. The number of unbranched alkanes of at least 4 members (excludes halogenated alkanes) is 1. The predicted octanol–water partition coefficient (Wildman–Crippen LogP) is 3.14. The number of rotatable bonds is 9. The molecule has 1 N–H and O–H groups in total. The van der Waals surface area contributed by atoms with Crippen molar-refractivity contribution < 1.29 is 23.4 Å². The normalized spacial score (nSPS) is 11.5. The maximum atomic E-state index is 12.7. The molecule has 0 bridgehead atoms. The van der Waals surface area contributed by atoms with Crippen molar-refractivity contribution in [3.63, 3.8) is 0 Å². The molecule has 0 radical (unpaired) electrons. The molecule has 0 saturated carbocycles. The van der Waals surface area contributed by atoms with Gasteiger partial charge in [0.1, 0.15) is 0 Å². The van der Waals surface area contributed by atoms with Crippen molar-refractivity contribution in [1.29, 1.82) is 0 Å². The van der Waals surface area contributed by atoms with Gasteiger partial charge in [0.25, 0.3) is 0 Å². The van der Waals surface area contributed by atoms with Crippen LogP contribution < -0.4 is 0 Å². The molecule has 0 unspecified atom stereocenters. The van der Waals surface area contributed by atoms with E-state index < -0.39 is 18.3 Å². The molecule has 0 aliphatic rings. The fourth-order valence-corrected chi connectivity index (χ4v) is 1.59. The number of hydrogen-bond acceptors (Lipinski definition) is 2. The van der Waals surface area contributed by atoms with Gasteiger partial charge in [-0.3, -0.25) is 0 Å². The van der Waals surface area contributed by atoms with E-state index in [2.05, 4.69) is 0 Å². The minimum atomic E-state index is -3.62. The molecule has 1 rings (SSSR count). The number of aliphatic carboxylic acids is 1. The minimum Gasteiger partial charge on any atom is -0.477 e. The fraction of sp³-hybridized carbons (Fsp3) is 0.500. The Kier molecular flexibility index (Phi) is 6.42. The summed E-state index contributed by atoms with van der Waals surface area (Å²) < 4.78 is 30.7. The summed E-state index contributed by atoms with van der Waals surface area (Å²) >= 11 is 0. The zero-order chi connectivity index (χ0) is 14.1. The van der Waals surface area contributed by atoms with Gasteiger partial charge in [0.2, 0.25) is 0 Å².